The number of hydrogen-bond donors (Lipinski definition) is 1. The monoisotopic (exact) mass is 368 g/mol. The number of carbonyl (C=O) groups is 1. The van der Waals surface area contributed by atoms with E-state index in [1.54, 1.807) is 16.2 Å². The van der Waals surface area contributed by atoms with Crippen LogP contribution >= 0.6 is 11.3 Å². The minimum Gasteiger partial charge on any atom is -0.337 e. The molecular weight excluding hydrogens is 342 g/mol. The van der Waals surface area contributed by atoms with Gasteiger partial charge < -0.3 is 9.80 Å². The van der Waals surface area contributed by atoms with Crippen LogP contribution in [-0.2, 0) is 11.3 Å². The quantitative estimate of drug-likeness (QED) is 0.726. The molecule has 0 radical (unpaired) electrons. The number of aryl methyl sites for hydroxylation is 1. The van der Waals surface area contributed by atoms with Gasteiger partial charge in [0.05, 0.1) is 17.3 Å². The first kappa shape index (κ1) is 18.5. The standard InChI is InChI=1S/C21H25N3OS/c1-15-9-11-17(12-10-15)13-24(4)20(25)14-23(3)16(2)21-22-18-7-5-6-8-19(18)26-21/h5-12,16H,13-14H2,1-4H3/p+1/t16-/m0/s1. The predicted molar refractivity (Wildman–Crippen MR) is 107 cm³/mol. The molecule has 26 heavy (non-hydrogen) atoms. The van der Waals surface area contributed by atoms with E-state index in [0.717, 1.165) is 21.0 Å². The molecule has 1 heterocycles. The first-order chi connectivity index (χ1) is 12.4. The molecule has 0 aliphatic rings. The first-order valence-electron chi connectivity index (χ1n) is 8.91. The molecule has 3 aromatic rings. The molecule has 0 saturated carbocycles. The van der Waals surface area contributed by atoms with Crippen LogP contribution in [0, 0.1) is 6.92 Å². The maximum atomic E-state index is 12.6. The third kappa shape index (κ3) is 4.29. The maximum Gasteiger partial charge on any atom is 0.277 e. The maximum absolute atomic E-state index is 12.6. The number of hydrogen-bond acceptors (Lipinski definition) is 3. The van der Waals surface area contributed by atoms with E-state index < -0.39 is 0 Å². The molecule has 3 rings (SSSR count). The predicted octanol–water partition coefficient (Wildman–Crippen LogP) is 2.84. The number of benzene rings is 2. The van der Waals surface area contributed by atoms with Crippen LogP contribution in [0.25, 0.3) is 10.2 Å². The minimum absolute atomic E-state index is 0.149. The van der Waals surface area contributed by atoms with Crippen molar-refractivity contribution in [1.29, 1.82) is 0 Å². The summed E-state index contributed by atoms with van der Waals surface area (Å²) < 4.78 is 1.20. The Bertz CT molecular complexity index is 855. The van der Waals surface area contributed by atoms with Gasteiger partial charge in [0.2, 0.25) is 0 Å². The fourth-order valence-corrected chi connectivity index (χ4v) is 3.98. The summed E-state index contributed by atoms with van der Waals surface area (Å²) in [5, 5.41) is 1.08. The molecule has 1 amide bonds. The Morgan fingerprint density at radius 3 is 2.58 bits per heavy atom. The third-order valence-electron chi connectivity index (χ3n) is 4.82. The number of rotatable bonds is 6. The average Bonchev–Trinajstić information content (AvgIpc) is 3.06. The second-order valence-corrected chi connectivity index (χ2v) is 8.06. The zero-order chi connectivity index (χ0) is 18.7. The Balaban J connectivity index is 1.61. The summed E-state index contributed by atoms with van der Waals surface area (Å²) in [7, 11) is 3.94. The summed E-state index contributed by atoms with van der Waals surface area (Å²) >= 11 is 1.72. The fourth-order valence-electron chi connectivity index (χ4n) is 2.87. The molecule has 0 fully saturated rings. The van der Waals surface area contributed by atoms with Crippen LogP contribution in [0.15, 0.2) is 48.5 Å². The lowest BCUT2D eigenvalue weighted by molar-refractivity contribution is -0.902. The van der Waals surface area contributed by atoms with Crippen molar-refractivity contribution in [3.05, 3.63) is 64.7 Å². The molecule has 0 spiro atoms. The van der Waals surface area contributed by atoms with Crippen molar-refractivity contribution in [2.45, 2.75) is 26.4 Å². The van der Waals surface area contributed by atoms with Gasteiger partial charge in [-0.25, -0.2) is 4.98 Å². The van der Waals surface area contributed by atoms with Crippen molar-refractivity contribution >= 4 is 27.5 Å². The second kappa shape index (κ2) is 7.98. The van der Waals surface area contributed by atoms with Crippen LogP contribution in [0.3, 0.4) is 0 Å². The molecule has 136 valence electrons. The Labute approximate surface area is 159 Å². The number of likely N-dealkylation sites (N-methyl/N-ethyl adjacent to an activating group) is 2. The second-order valence-electron chi connectivity index (χ2n) is 7.00. The van der Waals surface area contributed by atoms with Crippen molar-refractivity contribution in [1.82, 2.24) is 9.88 Å². The van der Waals surface area contributed by atoms with Gasteiger partial charge in [0.25, 0.3) is 5.91 Å². The number of thiazole rings is 1. The lowest BCUT2D eigenvalue weighted by Gasteiger charge is -2.23. The molecule has 0 saturated heterocycles. The van der Waals surface area contributed by atoms with Gasteiger partial charge >= 0.3 is 0 Å². The molecule has 5 heteroatoms. The summed E-state index contributed by atoms with van der Waals surface area (Å²) in [5.41, 5.74) is 3.43. The molecule has 2 atom stereocenters. The summed E-state index contributed by atoms with van der Waals surface area (Å²) in [4.78, 5) is 20.3. The highest BCUT2D eigenvalue weighted by atomic mass is 32.1. The van der Waals surface area contributed by atoms with Crippen molar-refractivity contribution in [3.8, 4) is 0 Å². The Morgan fingerprint density at radius 1 is 1.19 bits per heavy atom. The number of nitrogens with one attached hydrogen (secondary N) is 1. The van der Waals surface area contributed by atoms with Gasteiger partial charge in [-0.2, -0.15) is 0 Å². The van der Waals surface area contributed by atoms with Crippen LogP contribution < -0.4 is 4.90 Å². The summed E-state index contributed by atoms with van der Waals surface area (Å²) in [6, 6.07) is 16.7. The number of para-hydroxylation sites is 1. The van der Waals surface area contributed by atoms with Crippen LogP contribution in [0.2, 0.25) is 0 Å². The number of amides is 1. The van der Waals surface area contributed by atoms with Crippen LogP contribution in [0.5, 0.6) is 0 Å². The molecule has 0 aliphatic carbocycles. The molecule has 0 aliphatic heterocycles. The summed E-state index contributed by atoms with van der Waals surface area (Å²) in [6.45, 7) is 5.31. The highest BCUT2D eigenvalue weighted by Crippen LogP contribution is 2.24. The number of nitrogens with zero attached hydrogens (tertiary/aromatic N) is 2. The minimum atomic E-state index is 0.149. The Hall–Kier alpha value is -2.24. The normalized spacial score (nSPS) is 13.5. The highest BCUT2D eigenvalue weighted by Gasteiger charge is 2.23. The van der Waals surface area contributed by atoms with Gasteiger partial charge in [-0.05, 0) is 31.5 Å². The Morgan fingerprint density at radius 2 is 1.88 bits per heavy atom. The van der Waals surface area contributed by atoms with Crippen LogP contribution in [-0.4, -0.2) is 36.4 Å². The van der Waals surface area contributed by atoms with Crippen molar-refractivity contribution in [2.24, 2.45) is 0 Å². The molecule has 1 aromatic heterocycles. The lowest BCUT2D eigenvalue weighted by Crippen LogP contribution is -3.10. The molecule has 1 unspecified atom stereocenters. The molecule has 2 aromatic carbocycles. The van der Waals surface area contributed by atoms with E-state index in [2.05, 4.69) is 51.2 Å². The van der Waals surface area contributed by atoms with E-state index in [-0.39, 0.29) is 11.9 Å². The van der Waals surface area contributed by atoms with Gasteiger partial charge in [0.15, 0.2) is 11.6 Å². The average molecular weight is 369 g/mol. The van der Waals surface area contributed by atoms with E-state index in [1.165, 1.54) is 10.3 Å². The lowest BCUT2D eigenvalue weighted by atomic mass is 10.1. The Kier molecular flexibility index (Phi) is 5.69. The topological polar surface area (TPSA) is 37.6 Å². The van der Waals surface area contributed by atoms with Gasteiger partial charge in [0, 0.05) is 13.6 Å². The number of quaternary nitrogens is 1. The van der Waals surface area contributed by atoms with E-state index in [4.69, 9.17) is 4.98 Å². The molecule has 0 bridgehead atoms. The zero-order valence-corrected chi connectivity index (χ0v) is 16.6. The number of fused-ring (bicyclic) bond motifs is 1. The first-order valence-corrected chi connectivity index (χ1v) is 9.73. The van der Waals surface area contributed by atoms with Crippen molar-refractivity contribution < 1.29 is 9.69 Å². The molecule has 1 N–H and O–H groups in total. The summed E-state index contributed by atoms with van der Waals surface area (Å²) in [5.74, 6) is 0.149. The van der Waals surface area contributed by atoms with E-state index in [1.807, 2.05) is 25.2 Å². The third-order valence-corrected chi connectivity index (χ3v) is 6.04. The SMILES string of the molecule is Cc1ccc(CN(C)C(=O)C[NH+](C)[C@@H](C)c2nc3ccccc3s2)cc1. The van der Waals surface area contributed by atoms with Crippen LogP contribution in [0.1, 0.15) is 29.1 Å². The highest BCUT2D eigenvalue weighted by molar-refractivity contribution is 7.18. The van der Waals surface area contributed by atoms with Gasteiger partial charge in [-0.15, -0.1) is 11.3 Å². The van der Waals surface area contributed by atoms with E-state index in [0.29, 0.717) is 13.1 Å². The van der Waals surface area contributed by atoms with Crippen molar-refractivity contribution in [3.63, 3.8) is 0 Å². The number of carbonyl (C=O) groups excluding carboxylic acids is 1. The molecular formula is C21H26N3OS+. The van der Waals surface area contributed by atoms with Gasteiger partial charge in [-0.1, -0.05) is 42.0 Å². The smallest absolute Gasteiger partial charge is 0.277 e. The number of aromatic nitrogens is 1. The summed E-state index contributed by atoms with van der Waals surface area (Å²) in [6.07, 6.45) is 0. The van der Waals surface area contributed by atoms with Gasteiger partial charge in [0.1, 0.15) is 6.04 Å². The molecule has 4 nitrogen and oxygen atoms in total. The van der Waals surface area contributed by atoms with Crippen molar-refractivity contribution in [2.75, 3.05) is 20.6 Å². The van der Waals surface area contributed by atoms with Crippen LogP contribution in [0.4, 0.5) is 0 Å². The fraction of sp³-hybridized carbons (Fsp3) is 0.333. The zero-order valence-electron chi connectivity index (χ0n) is 15.8. The largest absolute Gasteiger partial charge is 0.337 e. The van der Waals surface area contributed by atoms with Gasteiger partial charge in [-0.3, -0.25) is 4.79 Å². The van der Waals surface area contributed by atoms with E-state index in [9.17, 15) is 4.79 Å². The van der Waals surface area contributed by atoms with E-state index >= 15 is 0 Å².